The lowest BCUT2D eigenvalue weighted by Crippen LogP contribution is -2.27. The van der Waals surface area contributed by atoms with Crippen LogP contribution in [0.25, 0.3) is 0 Å². The fourth-order valence-electron chi connectivity index (χ4n) is 1.70. The van der Waals surface area contributed by atoms with Crippen LogP contribution in [0.4, 0.5) is 0 Å². The van der Waals surface area contributed by atoms with Gasteiger partial charge in [0.1, 0.15) is 0 Å². The van der Waals surface area contributed by atoms with Crippen LogP contribution in [0.3, 0.4) is 0 Å². The Morgan fingerprint density at radius 3 is 2.60 bits per heavy atom. The number of aliphatic hydroxyl groups is 2. The van der Waals surface area contributed by atoms with Crippen molar-refractivity contribution in [1.29, 1.82) is 0 Å². The minimum absolute atomic E-state index is 0.113. The molecule has 0 radical (unpaired) electrons. The zero-order chi connectivity index (χ0) is 7.56. The van der Waals surface area contributed by atoms with Crippen molar-refractivity contribution in [3.05, 3.63) is 0 Å². The lowest BCUT2D eigenvalue weighted by atomic mass is 9.79. The van der Waals surface area contributed by atoms with E-state index in [9.17, 15) is 5.11 Å². The lowest BCUT2D eigenvalue weighted by molar-refractivity contribution is 0.0514. The number of hydrogen-bond acceptors (Lipinski definition) is 2. The molecule has 2 N–H and O–H groups in total. The molecule has 2 heteroatoms. The van der Waals surface area contributed by atoms with Crippen molar-refractivity contribution in [2.75, 3.05) is 6.61 Å². The van der Waals surface area contributed by atoms with Crippen LogP contribution in [-0.4, -0.2) is 22.9 Å². The second-order valence-electron chi connectivity index (χ2n) is 3.39. The molecule has 0 aromatic carbocycles. The summed E-state index contributed by atoms with van der Waals surface area (Å²) in [4.78, 5) is 0. The molecule has 1 rings (SSSR count). The van der Waals surface area contributed by atoms with Crippen LogP contribution in [0.15, 0.2) is 0 Å². The van der Waals surface area contributed by atoms with Crippen molar-refractivity contribution in [2.24, 2.45) is 11.8 Å². The maximum atomic E-state index is 9.21. The third kappa shape index (κ3) is 1.70. The number of aliphatic hydroxyl groups excluding tert-OH is 2. The first-order chi connectivity index (χ1) is 4.74. The van der Waals surface area contributed by atoms with E-state index in [-0.39, 0.29) is 12.7 Å². The Labute approximate surface area is 61.9 Å². The normalized spacial score (nSPS) is 41.7. The molecule has 60 valence electrons. The average Bonchev–Trinajstić information content (AvgIpc) is 1.88. The first-order valence-corrected chi connectivity index (χ1v) is 4.03. The van der Waals surface area contributed by atoms with Gasteiger partial charge in [0, 0.05) is 6.61 Å². The molecule has 1 fully saturated rings. The molecule has 0 heterocycles. The predicted molar refractivity (Wildman–Crippen MR) is 39.6 cm³/mol. The molecule has 3 atom stereocenters. The quantitative estimate of drug-likeness (QED) is 0.571. The Morgan fingerprint density at radius 2 is 2.10 bits per heavy atom. The van der Waals surface area contributed by atoms with Crippen molar-refractivity contribution < 1.29 is 10.2 Å². The molecule has 0 aliphatic heterocycles. The Morgan fingerprint density at radius 1 is 1.40 bits per heavy atom. The van der Waals surface area contributed by atoms with Gasteiger partial charge in [0.15, 0.2) is 0 Å². The first-order valence-electron chi connectivity index (χ1n) is 4.03. The van der Waals surface area contributed by atoms with E-state index < -0.39 is 0 Å². The van der Waals surface area contributed by atoms with Crippen LogP contribution >= 0.6 is 0 Å². The van der Waals surface area contributed by atoms with E-state index in [2.05, 4.69) is 6.92 Å². The largest absolute Gasteiger partial charge is 0.396 e. The van der Waals surface area contributed by atoms with Gasteiger partial charge >= 0.3 is 0 Å². The Hall–Kier alpha value is -0.0800. The minimum Gasteiger partial charge on any atom is -0.396 e. The molecular weight excluding hydrogens is 128 g/mol. The third-order valence-corrected chi connectivity index (χ3v) is 2.55. The summed E-state index contributed by atoms with van der Waals surface area (Å²) in [6.45, 7) is 2.39. The molecule has 0 spiro atoms. The van der Waals surface area contributed by atoms with Crippen molar-refractivity contribution in [2.45, 2.75) is 32.3 Å². The van der Waals surface area contributed by atoms with E-state index >= 15 is 0 Å². The second-order valence-corrected chi connectivity index (χ2v) is 3.39. The van der Waals surface area contributed by atoms with Crippen molar-refractivity contribution in [1.82, 2.24) is 0 Å². The molecule has 0 bridgehead atoms. The standard InChI is InChI=1S/C8H16O2/c1-6-4-8(10)3-2-7(6)5-9/h6-10H,2-5H2,1H3. The van der Waals surface area contributed by atoms with Gasteiger partial charge in [-0.05, 0) is 31.1 Å². The topological polar surface area (TPSA) is 40.5 Å². The van der Waals surface area contributed by atoms with Gasteiger partial charge in [0.05, 0.1) is 6.10 Å². The molecule has 3 unspecified atom stereocenters. The van der Waals surface area contributed by atoms with Crippen LogP contribution in [0.1, 0.15) is 26.2 Å². The Kier molecular flexibility index (Phi) is 2.69. The van der Waals surface area contributed by atoms with E-state index in [1.54, 1.807) is 0 Å². The summed E-state index contributed by atoms with van der Waals surface area (Å²) < 4.78 is 0. The molecule has 2 nitrogen and oxygen atoms in total. The average molecular weight is 144 g/mol. The Balaban J connectivity index is 2.36. The summed E-state index contributed by atoms with van der Waals surface area (Å²) in [5, 5.41) is 18.1. The highest BCUT2D eigenvalue weighted by Crippen LogP contribution is 2.29. The zero-order valence-electron chi connectivity index (χ0n) is 6.45. The summed E-state index contributed by atoms with van der Waals surface area (Å²) >= 11 is 0. The molecule has 1 aliphatic carbocycles. The predicted octanol–water partition coefficient (Wildman–Crippen LogP) is 0.776. The van der Waals surface area contributed by atoms with Crippen molar-refractivity contribution >= 4 is 0 Å². The highest BCUT2D eigenvalue weighted by Gasteiger charge is 2.25. The zero-order valence-corrected chi connectivity index (χ0v) is 6.45. The summed E-state index contributed by atoms with van der Waals surface area (Å²) in [7, 11) is 0. The SMILES string of the molecule is CC1CC(O)CCC1CO. The molecule has 1 saturated carbocycles. The van der Waals surface area contributed by atoms with Crippen molar-refractivity contribution in [3.63, 3.8) is 0 Å². The van der Waals surface area contributed by atoms with Gasteiger partial charge in [-0.25, -0.2) is 0 Å². The fraction of sp³-hybridized carbons (Fsp3) is 1.00. The molecule has 1 aliphatic rings. The van der Waals surface area contributed by atoms with E-state index in [1.165, 1.54) is 0 Å². The van der Waals surface area contributed by atoms with E-state index in [0.717, 1.165) is 19.3 Å². The smallest absolute Gasteiger partial charge is 0.0543 e. The second kappa shape index (κ2) is 3.35. The van der Waals surface area contributed by atoms with Gasteiger partial charge in [-0.3, -0.25) is 0 Å². The molecule has 0 aromatic heterocycles. The number of hydrogen-bond donors (Lipinski definition) is 2. The summed E-state index contributed by atoms with van der Waals surface area (Å²) in [6.07, 6.45) is 2.61. The van der Waals surface area contributed by atoms with Crippen LogP contribution in [0.5, 0.6) is 0 Å². The van der Waals surface area contributed by atoms with Gasteiger partial charge in [-0.2, -0.15) is 0 Å². The first kappa shape index (κ1) is 8.02. The summed E-state index contributed by atoms with van der Waals surface area (Å²) in [5.41, 5.74) is 0. The monoisotopic (exact) mass is 144 g/mol. The fourth-order valence-corrected chi connectivity index (χ4v) is 1.70. The maximum Gasteiger partial charge on any atom is 0.0543 e. The number of rotatable bonds is 1. The lowest BCUT2D eigenvalue weighted by Gasteiger charge is -2.30. The maximum absolute atomic E-state index is 9.21. The van der Waals surface area contributed by atoms with Gasteiger partial charge < -0.3 is 10.2 Å². The molecule has 10 heavy (non-hydrogen) atoms. The van der Waals surface area contributed by atoms with Crippen LogP contribution < -0.4 is 0 Å². The van der Waals surface area contributed by atoms with Crippen LogP contribution in [0, 0.1) is 11.8 Å². The Bertz CT molecular complexity index is 103. The highest BCUT2D eigenvalue weighted by atomic mass is 16.3. The molecule has 0 aromatic rings. The molecule has 0 amide bonds. The van der Waals surface area contributed by atoms with Gasteiger partial charge in [-0.1, -0.05) is 6.92 Å². The molecule has 0 saturated heterocycles. The van der Waals surface area contributed by atoms with Crippen LogP contribution in [-0.2, 0) is 0 Å². The van der Waals surface area contributed by atoms with Gasteiger partial charge in [-0.15, -0.1) is 0 Å². The minimum atomic E-state index is -0.113. The van der Waals surface area contributed by atoms with Crippen molar-refractivity contribution in [3.8, 4) is 0 Å². The van der Waals surface area contributed by atoms with E-state index in [0.29, 0.717) is 11.8 Å². The molecular formula is C8H16O2. The summed E-state index contributed by atoms with van der Waals surface area (Å²) in [6, 6.07) is 0. The summed E-state index contributed by atoms with van der Waals surface area (Å²) in [5.74, 6) is 0.928. The van der Waals surface area contributed by atoms with Gasteiger partial charge in [0.2, 0.25) is 0 Å². The van der Waals surface area contributed by atoms with E-state index in [4.69, 9.17) is 5.11 Å². The van der Waals surface area contributed by atoms with Crippen LogP contribution in [0.2, 0.25) is 0 Å². The van der Waals surface area contributed by atoms with Gasteiger partial charge in [0.25, 0.3) is 0 Å². The van der Waals surface area contributed by atoms with E-state index in [1.807, 2.05) is 0 Å². The third-order valence-electron chi connectivity index (χ3n) is 2.55. The highest BCUT2D eigenvalue weighted by molar-refractivity contribution is 4.76.